The molecular formula is C18H28N4O. The van der Waals surface area contributed by atoms with Gasteiger partial charge in [0.1, 0.15) is 0 Å². The molecule has 0 saturated carbocycles. The van der Waals surface area contributed by atoms with Crippen molar-refractivity contribution in [3.05, 3.63) is 35.9 Å². The van der Waals surface area contributed by atoms with E-state index < -0.39 is 0 Å². The van der Waals surface area contributed by atoms with Gasteiger partial charge in [0, 0.05) is 45.1 Å². The molecule has 1 amide bonds. The van der Waals surface area contributed by atoms with E-state index in [0.717, 1.165) is 32.6 Å². The van der Waals surface area contributed by atoms with Crippen LogP contribution < -0.4 is 5.73 Å². The van der Waals surface area contributed by atoms with Crippen LogP contribution in [0.5, 0.6) is 0 Å². The highest BCUT2D eigenvalue weighted by Gasteiger charge is 2.29. The van der Waals surface area contributed by atoms with Crippen LogP contribution in [-0.4, -0.2) is 54.4 Å². The summed E-state index contributed by atoms with van der Waals surface area (Å²) in [6.45, 7) is 8.06. The summed E-state index contributed by atoms with van der Waals surface area (Å²) in [5, 5.41) is 0. The number of carbonyl (C=O) groups is 1. The van der Waals surface area contributed by atoms with Crippen LogP contribution in [0, 0.1) is 5.92 Å². The number of guanidine groups is 1. The van der Waals surface area contributed by atoms with Crippen LogP contribution in [0.1, 0.15) is 25.8 Å². The summed E-state index contributed by atoms with van der Waals surface area (Å²) in [7, 11) is 0. The average molecular weight is 316 g/mol. The number of amides is 1. The third-order valence-electron chi connectivity index (χ3n) is 4.41. The Morgan fingerprint density at radius 1 is 1.30 bits per heavy atom. The van der Waals surface area contributed by atoms with Gasteiger partial charge >= 0.3 is 0 Å². The molecule has 1 aliphatic rings. The van der Waals surface area contributed by atoms with Gasteiger partial charge in [-0.3, -0.25) is 9.79 Å². The van der Waals surface area contributed by atoms with Crippen LogP contribution in [0.15, 0.2) is 35.3 Å². The summed E-state index contributed by atoms with van der Waals surface area (Å²) in [4.78, 5) is 20.6. The summed E-state index contributed by atoms with van der Waals surface area (Å²) in [5.74, 6) is 1.11. The van der Waals surface area contributed by atoms with Crippen molar-refractivity contribution in [2.45, 2.75) is 26.7 Å². The fourth-order valence-corrected chi connectivity index (χ4v) is 2.97. The molecule has 0 radical (unpaired) electrons. The minimum absolute atomic E-state index is 0.238. The first kappa shape index (κ1) is 17.3. The lowest BCUT2D eigenvalue weighted by molar-refractivity contribution is -0.127. The van der Waals surface area contributed by atoms with Gasteiger partial charge in [-0.05, 0) is 25.8 Å². The number of likely N-dealkylation sites (tertiary alicyclic amines) is 1. The monoisotopic (exact) mass is 316 g/mol. The van der Waals surface area contributed by atoms with E-state index in [-0.39, 0.29) is 11.8 Å². The van der Waals surface area contributed by atoms with Gasteiger partial charge in [0.15, 0.2) is 5.96 Å². The zero-order chi connectivity index (χ0) is 16.7. The molecule has 2 N–H and O–H groups in total. The second kappa shape index (κ2) is 8.56. The van der Waals surface area contributed by atoms with Gasteiger partial charge in [-0.15, -0.1) is 0 Å². The van der Waals surface area contributed by atoms with E-state index in [9.17, 15) is 4.79 Å². The standard InChI is InChI=1S/C18H28N4O/c1-3-21(4-2)18(19)20-13-16-12-17(23)22(14-16)11-10-15-8-6-5-7-9-15/h5-9,16H,3-4,10-14H2,1-2H3,(H2,19,20). The summed E-state index contributed by atoms with van der Waals surface area (Å²) >= 11 is 0. The summed E-state index contributed by atoms with van der Waals surface area (Å²) in [6, 6.07) is 10.3. The van der Waals surface area contributed by atoms with Crippen LogP contribution >= 0.6 is 0 Å². The zero-order valence-corrected chi connectivity index (χ0v) is 14.2. The Balaban J connectivity index is 1.81. The molecule has 1 heterocycles. The molecule has 1 aliphatic heterocycles. The van der Waals surface area contributed by atoms with Gasteiger partial charge in [0.25, 0.3) is 0 Å². The minimum atomic E-state index is 0.238. The van der Waals surface area contributed by atoms with Gasteiger partial charge in [0.2, 0.25) is 5.91 Å². The molecule has 5 nitrogen and oxygen atoms in total. The van der Waals surface area contributed by atoms with Crippen molar-refractivity contribution in [3.63, 3.8) is 0 Å². The molecule has 1 aromatic rings. The molecule has 0 spiro atoms. The van der Waals surface area contributed by atoms with Crippen LogP contribution in [0.2, 0.25) is 0 Å². The maximum absolute atomic E-state index is 12.1. The van der Waals surface area contributed by atoms with Crippen molar-refractivity contribution in [1.29, 1.82) is 0 Å². The van der Waals surface area contributed by atoms with E-state index in [4.69, 9.17) is 5.73 Å². The Labute approximate surface area is 139 Å². The topological polar surface area (TPSA) is 61.9 Å². The first-order valence-electron chi connectivity index (χ1n) is 8.50. The lowest BCUT2D eigenvalue weighted by Crippen LogP contribution is -2.37. The number of nitrogens with zero attached hydrogens (tertiary/aromatic N) is 3. The Hall–Kier alpha value is -2.04. The number of hydrogen-bond acceptors (Lipinski definition) is 2. The van der Waals surface area contributed by atoms with Crippen LogP contribution in [-0.2, 0) is 11.2 Å². The van der Waals surface area contributed by atoms with Crippen molar-refractivity contribution < 1.29 is 4.79 Å². The molecule has 0 aromatic heterocycles. The fourth-order valence-electron chi connectivity index (χ4n) is 2.97. The third kappa shape index (κ3) is 4.98. The molecule has 23 heavy (non-hydrogen) atoms. The van der Waals surface area contributed by atoms with Crippen molar-refractivity contribution >= 4 is 11.9 Å². The number of benzene rings is 1. The molecule has 1 fully saturated rings. The number of carbonyl (C=O) groups excluding carboxylic acids is 1. The van der Waals surface area contributed by atoms with E-state index in [0.29, 0.717) is 18.9 Å². The van der Waals surface area contributed by atoms with Gasteiger partial charge in [-0.2, -0.15) is 0 Å². The van der Waals surface area contributed by atoms with Crippen LogP contribution in [0.4, 0.5) is 0 Å². The maximum Gasteiger partial charge on any atom is 0.223 e. The Morgan fingerprint density at radius 2 is 2.00 bits per heavy atom. The minimum Gasteiger partial charge on any atom is -0.370 e. The Morgan fingerprint density at radius 3 is 2.65 bits per heavy atom. The quantitative estimate of drug-likeness (QED) is 0.615. The highest BCUT2D eigenvalue weighted by atomic mass is 16.2. The smallest absolute Gasteiger partial charge is 0.223 e. The Bertz CT molecular complexity index is 525. The number of rotatable bonds is 7. The van der Waals surface area contributed by atoms with E-state index in [1.54, 1.807) is 0 Å². The predicted molar refractivity (Wildman–Crippen MR) is 94.2 cm³/mol. The lowest BCUT2D eigenvalue weighted by Gasteiger charge is -2.20. The van der Waals surface area contributed by atoms with Gasteiger partial charge in [0.05, 0.1) is 0 Å². The SMILES string of the molecule is CCN(CC)C(N)=NCC1CC(=O)N(CCc2ccccc2)C1. The van der Waals surface area contributed by atoms with Gasteiger partial charge in [-0.25, -0.2) is 0 Å². The number of nitrogens with two attached hydrogens (primary N) is 1. The zero-order valence-electron chi connectivity index (χ0n) is 14.2. The van der Waals surface area contributed by atoms with Crippen LogP contribution in [0.3, 0.4) is 0 Å². The summed E-state index contributed by atoms with van der Waals surface area (Å²) < 4.78 is 0. The molecule has 0 aliphatic carbocycles. The van der Waals surface area contributed by atoms with E-state index >= 15 is 0 Å². The first-order chi connectivity index (χ1) is 11.1. The van der Waals surface area contributed by atoms with Gasteiger partial charge in [-0.1, -0.05) is 30.3 Å². The third-order valence-corrected chi connectivity index (χ3v) is 4.41. The fraction of sp³-hybridized carbons (Fsp3) is 0.556. The molecule has 1 saturated heterocycles. The molecule has 5 heteroatoms. The maximum atomic E-state index is 12.1. The molecule has 126 valence electrons. The second-order valence-electron chi connectivity index (χ2n) is 6.02. The molecule has 1 atom stereocenters. The second-order valence-corrected chi connectivity index (χ2v) is 6.02. The molecule has 1 aromatic carbocycles. The predicted octanol–water partition coefficient (Wildman–Crippen LogP) is 1.73. The van der Waals surface area contributed by atoms with E-state index in [2.05, 4.69) is 31.0 Å². The first-order valence-corrected chi connectivity index (χ1v) is 8.50. The normalized spacial score (nSPS) is 18.5. The molecule has 0 bridgehead atoms. The molecule has 1 unspecified atom stereocenters. The number of aliphatic imine (C=N–C) groups is 1. The van der Waals surface area contributed by atoms with E-state index in [1.807, 2.05) is 28.0 Å². The Kier molecular flexibility index (Phi) is 6.44. The lowest BCUT2D eigenvalue weighted by atomic mass is 10.1. The molecular weight excluding hydrogens is 288 g/mol. The highest BCUT2D eigenvalue weighted by molar-refractivity contribution is 5.79. The van der Waals surface area contributed by atoms with Crippen LogP contribution in [0.25, 0.3) is 0 Å². The average Bonchev–Trinajstić information content (AvgIpc) is 2.93. The summed E-state index contributed by atoms with van der Waals surface area (Å²) in [6.07, 6.45) is 1.49. The number of hydrogen-bond donors (Lipinski definition) is 1. The van der Waals surface area contributed by atoms with Gasteiger partial charge < -0.3 is 15.5 Å². The van der Waals surface area contributed by atoms with E-state index in [1.165, 1.54) is 5.56 Å². The van der Waals surface area contributed by atoms with Crippen molar-refractivity contribution in [2.24, 2.45) is 16.6 Å². The van der Waals surface area contributed by atoms with Crippen molar-refractivity contribution in [2.75, 3.05) is 32.7 Å². The highest BCUT2D eigenvalue weighted by Crippen LogP contribution is 2.18. The molecule has 2 rings (SSSR count). The largest absolute Gasteiger partial charge is 0.370 e. The van der Waals surface area contributed by atoms with Crippen molar-refractivity contribution in [1.82, 2.24) is 9.80 Å². The summed E-state index contributed by atoms with van der Waals surface area (Å²) in [5.41, 5.74) is 7.27. The van der Waals surface area contributed by atoms with Crippen molar-refractivity contribution in [3.8, 4) is 0 Å².